The van der Waals surface area contributed by atoms with E-state index in [2.05, 4.69) is 27.7 Å². The highest BCUT2D eigenvalue weighted by Gasteiger charge is 2.36. The van der Waals surface area contributed by atoms with Crippen LogP contribution >= 0.6 is 0 Å². The van der Waals surface area contributed by atoms with Crippen molar-refractivity contribution < 1.29 is 14.3 Å². The lowest BCUT2D eigenvalue weighted by Gasteiger charge is -2.33. The van der Waals surface area contributed by atoms with Crippen molar-refractivity contribution in [2.45, 2.75) is 86.1 Å². The van der Waals surface area contributed by atoms with Gasteiger partial charge in [0.05, 0.1) is 12.0 Å². The van der Waals surface area contributed by atoms with Crippen molar-refractivity contribution in [1.82, 2.24) is 4.90 Å². The molecule has 0 saturated carbocycles. The lowest BCUT2D eigenvalue weighted by Crippen LogP contribution is -2.41. The van der Waals surface area contributed by atoms with Gasteiger partial charge in [0.25, 0.3) is 0 Å². The minimum atomic E-state index is -0.556. The van der Waals surface area contributed by atoms with E-state index >= 15 is 0 Å². The molecule has 1 aliphatic heterocycles. The fourth-order valence-corrected chi connectivity index (χ4v) is 2.99. The van der Waals surface area contributed by atoms with Crippen molar-refractivity contribution in [2.75, 3.05) is 13.2 Å². The molecule has 1 fully saturated rings. The number of amides is 1. The molecule has 0 aliphatic carbocycles. The summed E-state index contributed by atoms with van der Waals surface area (Å²) >= 11 is 0. The maximum atomic E-state index is 12.5. The van der Waals surface area contributed by atoms with Gasteiger partial charge in [-0.3, -0.25) is 9.59 Å². The Hall–Kier alpha value is -1.06. The maximum Gasteiger partial charge on any atom is 0.311 e. The molecule has 4 nitrogen and oxygen atoms in total. The smallest absolute Gasteiger partial charge is 0.311 e. The minimum absolute atomic E-state index is 0.139. The molecular formula is C19H35NO3. The lowest BCUT2D eigenvalue weighted by molar-refractivity contribution is -0.156. The molecule has 1 unspecified atom stereocenters. The van der Waals surface area contributed by atoms with Crippen LogP contribution in [0.15, 0.2) is 0 Å². The van der Waals surface area contributed by atoms with Crippen molar-refractivity contribution in [3.63, 3.8) is 0 Å². The van der Waals surface area contributed by atoms with Crippen LogP contribution in [0.25, 0.3) is 0 Å². The number of hydrogen-bond donors (Lipinski definition) is 0. The van der Waals surface area contributed by atoms with Gasteiger partial charge in [-0.05, 0) is 44.9 Å². The fraction of sp³-hybridized carbons (Fsp3) is 0.895. The molecule has 1 atom stereocenters. The number of likely N-dealkylation sites (tertiary alicyclic amines) is 1. The van der Waals surface area contributed by atoms with Crippen LogP contribution in [0.4, 0.5) is 0 Å². The van der Waals surface area contributed by atoms with Gasteiger partial charge < -0.3 is 9.64 Å². The zero-order valence-corrected chi connectivity index (χ0v) is 15.9. The van der Waals surface area contributed by atoms with Crippen molar-refractivity contribution in [1.29, 1.82) is 0 Å². The van der Waals surface area contributed by atoms with Crippen LogP contribution in [0.2, 0.25) is 0 Å². The molecule has 0 aromatic rings. The van der Waals surface area contributed by atoms with E-state index in [1.165, 1.54) is 0 Å². The highest BCUT2D eigenvalue weighted by Crippen LogP contribution is 2.31. The minimum Gasteiger partial charge on any atom is -0.465 e. The number of hydrogen-bond acceptors (Lipinski definition) is 3. The molecule has 0 aromatic carbocycles. The van der Waals surface area contributed by atoms with Crippen LogP contribution in [0.5, 0.6) is 0 Å². The molecular weight excluding hydrogens is 290 g/mol. The van der Waals surface area contributed by atoms with E-state index in [0.717, 1.165) is 32.2 Å². The third kappa shape index (κ3) is 5.82. The number of nitrogens with zero attached hydrogens (tertiary/aromatic N) is 1. The molecule has 0 radical (unpaired) electrons. The fourth-order valence-electron chi connectivity index (χ4n) is 2.99. The molecule has 134 valence electrons. The van der Waals surface area contributed by atoms with E-state index in [-0.39, 0.29) is 23.3 Å². The van der Waals surface area contributed by atoms with Crippen molar-refractivity contribution in [3.8, 4) is 0 Å². The van der Waals surface area contributed by atoms with E-state index in [0.29, 0.717) is 19.4 Å². The number of carbonyl (C=O) groups excluding carboxylic acids is 2. The number of esters is 1. The summed E-state index contributed by atoms with van der Waals surface area (Å²) in [4.78, 5) is 26.4. The summed E-state index contributed by atoms with van der Waals surface area (Å²) in [7, 11) is 0. The van der Waals surface area contributed by atoms with Gasteiger partial charge in [0.1, 0.15) is 0 Å². The first-order valence-corrected chi connectivity index (χ1v) is 9.09. The first kappa shape index (κ1) is 20.0. The lowest BCUT2D eigenvalue weighted by atomic mass is 9.84. The average Bonchev–Trinajstić information content (AvgIpc) is 2.90. The van der Waals surface area contributed by atoms with Gasteiger partial charge in [0.2, 0.25) is 5.91 Å². The summed E-state index contributed by atoms with van der Waals surface area (Å²) < 4.78 is 5.54. The standard InChI is InChI=1S/C19H35NO3/c1-7-15(20-12-9-10-16(20)21)14-19(5,6)17(22)23-13-11-18(3,4)8-2/h15H,7-14H2,1-6H3. The van der Waals surface area contributed by atoms with Crippen molar-refractivity contribution >= 4 is 11.9 Å². The number of ether oxygens (including phenoxy) is 1. The second kappa shape index (κ2) is 8.16. The summed E-state index contributed by atoms with van der Waals surface area (Å²) in [5.74, 6) is 0.0835. The Morgan fingerprint density at radius 2 is 1.91 bits per heavy atom. The Morgan fingerprint density at radius 3 is 2.39 bits per heavy atom. The average molecular weight is 325 g/mol. The highest BCUT2D eigenvalue weighted by molar-refractivity contribution is 5.79. The van der Waals surface area contributed by atoms with Crippen LogP contribution in [-0.4, -0.2) is 36.0 Å². The number of rotatable bonds is 9. The summed E-state index contributed by atoms with van der Waals surface area (Å²) in [6, 6.07) is 0.139. The third-order valence-corrected chi connectivity index (χ3v) is 5.29. The molecule has 4 heteroatoms. The Morgan fingerprint density at radius 1 is 1.26 bits per heavy atom. The summed E-state index contributed by atoms with van der Waals surface area (Å²) in [6.07, 6.45) is 5.09. The molecule has 0 bridgehead atoms. The zero-order chi connectivity index (χ0) is 17.7. The first-order valence-electron chi connectivity index (χ1n) is 9.09. The SMILES string of the molecule is CCC(CC(C)(C)C(=O)OCCC(C)(C)CC)N1CCCC1=O. The predicted molar refractivity (Wildman–Crippen MR) is 93.1 cm³/mol. The van der Waals surface area contributed by atoms with Crippen LogP contribution in [0.3, 0.4) is 0 Å². The molecule has 1 saturated heterocycles. The first-order chi connectivity index (χ1) is 10.6. The topological polar surface area (TPSA) is 46.6 Å². The molecule has 1 rings (SSSR count). The second-order valence-electron chi connectivity index (χ2n) is 8.24. The third-order valence-electron chi connectivity index (χ3n) is 5.29. The Kier molecular flexibility index (Phi) is 7.09. The van der Waals surface area contributed by atoms with Gasteiger partial charge in [-0.1, -0.05) is 34.1 Å². The van der Waals surface area contributed by atoms with Crippen LogP contribution in [0, 0.1) is 10.8 Å². The highest BCUT2D eigenvalue weighted by atomic mass is 16.5. The van der Waals surface area contributed by atoms with E-state index in [1.54, 1.807) is 0 Å². The van der Waals surface area contributed by atoms with Crippen LogP contribution in [-0.2, 0) is 14.3 Å². The molecule has 0 aromatic heterocycles. The van der Waals surface area contributed by atoms with Gasteiger partial charge in [-0.15, -0.1) is 0 Å². The molecule has 0 spiro atoms. The Balaban J connectivity index is 2.55. The van der Waals surface area contributed by atoms with E-state index < -0.39 is 5.41 Å². The van der Waals surface area contributed by atoms with Gasteiger partial charge in [0.15, 0.2) is 0 Å². The monoisotopic (exact) mass is 325 g/mol. The van der Waals surface area contributed by atoms with E-state index in [4.69, 9.17) is 4.74 Å². The van der Waals surface area contributed by atoms with Gasteiger partial charge in [0, 0.05) is 19.0 Å². The molecule has 23 heavy (non-hydrogen) atoms. The quantitative estimate of drug-likeness (QED) is 0.598. The predicted octanol–water partition coefficient (Wildman–Crippen LogP) is 4.17. The molecule has 0 N–H and O–H groups in total. The van der Waals surface area contributed by atoms with E-state index in [1.807, 2.05) is 18.7 Å². The van der Waals surface area contributed by atoms with Crippen molar-refractivity contribution in [2.24, 2.45) is 10.8 Å². The summed E-state index contributed by atoms with van der Waals surface area (Å²) in [5.41, 5.74) is -0.349. The summed E-state index contributed by atoms with van der Waals surface area (Å²) in [6.45, 7) is 13.8. The van der Waals surface area contributed by atoms with Gasteiger partial charge >= 0.3 is 5.97 Å². The molecule has 1 heterocycles. The Labute approximate surface area is 141 Å². The number of carbonyl (C=O) groups is 2. The van der Waals surface area contributed by atoms with E-state index in [9.17, 15) is 9.59 Å². The van der Waals surface area contributed by atoms with Crippen LogP contribution in [0.1, 0.15) is 80.1 Å². The second-order valence-corrected chi connectivity index (χ2v) is 8.24. The Bertz CT molecular complexity index is 415. The van der Waals surface area contributed by atoms with Crippen LogP contribution < -0.4 is 0 Å². The van der Waals surface area contributed by atoms with Crippen molar-refractivity contribution in [3.05, 3.63) is 0 Å². The van der Waals surface area contributed by atoms with Gasteiger partial charge in [-0.2, -0.15) is 0 Å². The molecule has 1 amide bonds. The summed E-state index contributed by atoms with van der Waals surface area (Å²) in [5, 5.41) is 0. The zero-order valence-electron chi connectivity index (χ0n) is 15.9. The van der Waals surface area contributed by atoms with Gasteiger partial charge in [-0.25, -0.2) is 0 Å². The largest absolute Gasteiger partial charge is 0.465 e. The normalized spacial score (nSPS) is 17.5. The maximum absolute atomic E-state index is 12.5. The molecule has 1 aliphatic rings.